The number of rotatable bonds is 5. The number of hydrogen-bond donors (Lipinski definition) is 2. The van der Waals surface area contributed by atoms with Gasteiger partial charge >= 0.3 is 0 Å². The van der Waals surface area contributed by atoms with Crippen molar-refractivity contribution in [2.75, 3.05) is 20.1 Å². The van der Waals surface area contributed by atoms with Gasteiger partial charge < -0.3 is 15.2 Å². The molecule has 6 nitrogen and oxygen atoms in total. The zero-order chi connectivity index (χ0) is 16.9. The van der Waals surface area contributed by atoms with E-state index in [2.05, 4.69) is 27.2 Å². The second-order valence-corrected chi connectivity index (χ2v) is 6.53. The van der Waals surface area contributed by atoms with Crippen LogP contribution < -0.4 is 10.9 Å². The standard InChI is InChI=1S/C18H24N4O2/c1-22-11-9-13(10-12-22)19-17(23)8-4-7-16-20-15-6-3-2-5-14(15)18(24)21-16/h2-3,5-6,13H,4,7-12H2,1H3,(H,19,23)(H,20,21,24). The van der Waals surface area contributed by atoms with Crippen LogP contribution in [0.5, 0.6) is 0 Å². The quantitative estimate of drug-likeness (QED) is 0.871. The molecule has 0 saturated carbocycles. The fraction of sp³-hybridized carbons (Fsp3) is 0.500. The molecule has 2 heterocycles. The second kappa shape index (κ2) is 7.57. The summed E-state index contributed by atoms with van der Waals surface area (Å²) in [5, 5.41) is 3.71. The highest BCUT2D eigenvalue weighted by molar-refractivity contribution is 5.77. The Morgan fingerprint density at radius 1 is 1.33 bits per heavy atom. The third kappa shape index (κ3) is 4.20. The number of carbonyl (C=O) groups is 1. The largest absolute Gasteiger partial charge is 0.353 e. The van der Waals surface area contributed by atoms with Gasteiger partial charge in [-0.05, 0) is 51.5 Å². The predicted octanol–water partition coefficient (Wildman–Crippen LogP) is 1.46. The van der Waals surface area contributed by atoms with Crippen molar-refractivity contribution in [2.24, 2.45) is 0 Å². The Labute approximate surface area is 141 Å². The zero-order valence-electron chi connectivity index (χ0n) is 14.0. The molecule has 1 aliphatic heterocycles. The van der Waals surface area contributed by atoms with Crippen LogP contribution in [0.4, 0.5) is 0 Å². The number of carbonyl (C=O) groups excluding carboxylic acids is 1. The van der Waals surface area contributed by atoms with Gasteiger partial charge in [-0.25, -0.2) is 4.98 Å². The number of piperidine rings is 1. The topological polar surface area (TPSA) is 78.1 Å². The second-order valence-electron chi connectivity index (χ2n) is 6.53. The maximum atomic E-state index is 12.0. The number of benzene rings is 1. The van der Waals surface area contributed by atoms with Crippen LogP contribution in [0.1, 0.15) is 31.5 Å². The number of amides is 1. The molecule has 1 aromatic carbocycles. The SMILES string of the molecule is CN1CCC(NC(=O)CCCc2nc3ccccc3c(=O)[nH]2)CC1. The third-order valence-electron chi connectivity index (χ3n) is 4.56. The van der Waals surface area contributed by atoms with E-state index in [0.717, 1.165) is 25.9 Å². The van der Waals surface area contributed by atoms with Gasteiger partial charge in [-0.2, -0.15) is 0 Å². The molecule has 2 N–H and O–H groups in total. The van der Waals surface area contributed by atoms with E-state index in [1.54, 1.807) is 6.07 Å². The Balaban J connectivity index is 1.49. The number of aryl methyl sites for hydroxylation is 1. The van der Waals surface area contributed by atoms with E-state index in [-0.39, 0.29) is 11.5 Å². The minimum atomic E-state index is -0.119. The van der Waals surface area contributed by atoms with Crippen molar-refractivity contribution < 1.29 is 4.79 Å². The van der Waals surface area contributed by atoms with Gasteiger partial charge in [0.1, 0.15) is 5.82 Å². The highest BCUT2D eigenvalue weighted by Crippen LogP contribution is 2.10. The van der Waals surface area contributed by atoms with E-state index in [9.17, 15) is 9.59 Å². The number of aromatic nitrogens is 2. The minimum absolute atomic E-state index is 0.0905. The average Bonchev–Trinajstić information content (AvgIpc) is 2.57. The lowest BCUT2D eigenvalue weighted by molar-refractivity contribution is -0.122. The minimum Gasteiger partial charge on any atom is -0.353 e. The predicted molar refractivity (Wildman–Crippen MR) is 94.0 cm³/mol. The van der Waals surface area contributed by atoms with Gasteiger partial charge in [-0.1, -0.05) is 12.1 Å². The molecule has 6 heteroatoms. The molecule has 1 saturated heterocycles. The number of likely N-dealkylation sites (tertiary alicyclic amines) is 1. The van der Waals surface area contributed by atoms with Crippen LogP contribution in [-0.2, 0) is 11.2 Å². The maximum Gasteiger partial charge on any atom is 0.258 e. The molecule has 0 unspecified atom stereocenters. The van der Waals surface area contributed by atoms with Crippen molar-refractivity contribution in [1.29, 1.82) is 0 Å². The van der Waals surface area contributed by atoms with E-state index in [4.69, 9.17) is 0 Å². The van der Waals surface area contributed by atoms with E-state index in [1.165, 1.54) is 0 Å². The lowest BCUT2D eigenvalue weighted by Gasteiger charge is -2.29. The Hall–Kier alpha value is -2.21. The molecular weight excluding hydrogens is 304 g/mol. The zero-order valence-corrected chi connectivity index (χ0v) is 14.0. The summed E-state index contributed by atoms with van der Waals surface area (Å²) in [6.45, 7) is 2.07. The van der Waals surface area contributed by atoms with Crippen LogP contribution in [0.3, 0.4) is 0 Å². The van der Waals surface area contributed by atoms with Gasteiger partial charge in [0, 0.05) is 18.9 Å². The first kappa shape index (κ1) is 16.6. The Bertz CT molecular complexity index is 763. The summed E-state index contributed by atoms with van der Waals surface area (Å²) < 4.78 is 0. The van der Waals surface area contributed by atoms with Crippen molar-refractivity contribution in [1.82, 2.24) is 20.2 Å². The number of aromatic amines is 1. The van der Waals surface area contributed by atoms with E-state index >= 15 is 0 Å². The van der Waals surface area contributed by atoms with Crippen molar-refractivity contribution >= 4 is 16.8 Å². The van der Waals surface area contributed by atoms with Gasteiger partial charge in [-0.15, -0.1) is 0 Å². The van der Waals surface area contributed by atoms with Crippen LogP contribution in [0.2, 0.25) is 0 Å². The average molecular weight is 328 g/mol. The number of hydrogen-bond acceptors (Lipinski definition) is 4. The van der Waals surface area contributed by atoms with Crippen molar-refractivity contribution in [3.63, 3.8) is 0 Å². The molecule has 1 amide bonds. The van der Waals surface area contributed by atoms with E-state index < -0.39 is 0 Å². The Morgan fingerprint density at radius 3 is 2.88 bits per heavy atom. The monoisotopic (exact) mass is 328 g/mol. The molecule has 2 aromatic rings. The lowest BCUT2D eigenvalue weighted by atomic mass is 10.1. The highest BCUT2D eigenvalue weighted by Gasteiger charge is 2.18. The summed E-state index contributed by atoms with van der Waals surface area (Å²) in [5.74, 6) is 0.735. The summed E-state index contributed by atoms with van der Waals surface area (Å²) in [5.41, 5.74) is 0.582. The first-order valence-electron chi connectivity index (χ1n) is 8.57. The number of fused-ring (bicyclic) bond motifs is 1. The molecule has 24 heavy (non-hydrogen) atoms. The maximum absolute atomic E-state index is 12.0. The van der Waals surface area contributed by atoms with Crippen LogP contribution in [0.15, 0.2) is 29.1 Å². The van der Waals surface area contributed by atoms with Crippen molar-refractivity contribution in [3.8, 4) is 0 Å². The smallest absolute Gasteiger partial charge is 0.258 e. The summed E-state index contributed by atoms with van der Waals surface area (Å²) in [7, 11) is 2.11. The van der Waals surface area contributed by atoms with Gasteiger partial charge in [0.2, 0.25) is 5.91 Å². The highest BCUT2D eigenvalue weighted by atomic mass is 16.1. The normalized spacial score (nSPS) is 16.4. The number of H-pyrrole nitrogens is 1. The Morgan fingerprint density at radius 2 is 2.08 bits per heavy atom. The van der Waals surface area contributed by atoms with E-state index in [0.29, 0.717) is 42.0 Å². The van der Waals surface area contributed by atoms with Gasteiger partial charge in [0.05, 0.1) is 10.9 Å². The molecule has 1 aromatic heterocycles. The molecular formula is C18H24N4O2. The van der Waals surface area contributed by atoms with E-state index in [1.807, 2.05) is 18.2 Å². The fourth-order valence-corrected chi connectivity index (χ4v) is 3.12. The number of para-hydroxylation sites is 1. The molecule has 0 bridgehead atoms. The Kier molecular flexibility index (Phi) is 5.25. The third-order valence-corrected chi connectivity index (χ3v) is 4.56. The molecule has 0 spiro atoms. The lowest BCUT2D eigenvalue weighted by Crippen LogP contribution is -2.43. The summed E-state index contributed by atoms with van der Waals surface area (Å²) in [6.07, 6.45) is 3.77. The van der Waals surface area contributed by atoms with Gasteiger partial charge in [0.15, 0.2) is 0 Å². The van der Waals surface area contributed by atoms with Crippen LogP contribution >= 0.6 is 0 Å². The molecule has 1 aliphatic rings. The molecule has 128 valence electrons. The first-order valence-corrected chi connectivity index (χ1v) is 8.57. The molecule has 0 aliphatic carbocycles. The number of nitrogens with one attached hydrogen (secondary N) is 2. The van der Waals surface area contributed by atoms with Crippen molar-refractivity contribution in [3.05, 3.63) is 40.4 Å². The summed E-state index contributed by atoms with van der Waals surface area (Å²) in [4.78, 5) is 33.6. The van der Waals surface area contributed by atoms with Crippen LogP contribution in [0.25, 0.3) is 10.9 Å². The molecule has 1 fully saturated rings. The van der Waals surface area contributed by atoms with Crippen molar-refractivity contribution in [2.45, 2.75) is 38.1 Å². The fourth-order valence-electron chi connectivity index (χ4n) is 3.12. The van der Waals surface area contributed by atoms with Crippen LogP contribution in [0, 0.1) is 0 Å². The summed E-state index contributed by atoms with van der Waals surface area (Å²) >= 11 is 0. The number of nitrogens with zero attached hydrogens (tertiary/aromatic N) is 2. The van der Waals surface area contributed by atoms with Crippen LogP contribution in [-0.4, -0.2) is 47.0 Å². The summed E-state index contributed by atoms with van der Waals surface area (Å²) in [6, 6.07) is 7.59. The van der Waals surface area contributed by atoms with Gasteiger partial charge in [0.25, 0.3) is 5.56 Å². The molecule has 3 rings (SSSR count). The molecule has 0 radical (unpaired) electrons. The molecule has 0 atom stereocenters. The first-order chi connectivity index (χ1) is 11.6. The van der Waals surface area contributed by atoms with Gasteiger partial charge in [-0.3, -0.25) is 9.59 Å².